The smallest absolute Gasteiger partial charge is 0.329 e. The van der Waals surface area contributed by atoms with Gasteiger partial charge in [-0.1, -0.05) is 0 Å². The highest BCUT2D eigenvalue weighted by molar-refractivity contribution is 6.01. The van der Waals surface area contributed by atoms with E-state index in [-0.39, 0.29) is 31.2 Å². The van der Waals surface area contributed by atoms with Crippen molar-refractivity contribution < 1.29 is 9.59 Å². The second-order valence-electron chi connectivity index (χ2n) is 5.24. The minimum Gasteiger partial charge on any atom is -0.329 e. The van der Waals surface area contributed by atoms with Crippen LogP contribution in [0, 0.1) is 11.3 Å². The summed E-state index contributed by atoms with van der Waals surface area (Å²) in [5.74, 6) is -0.406. The predicted molar refractivity (Wildman–Crippen MR) is 73.1 cm³/mol. The molecule has 1 saturated heterocycles. The molecule has 0 bridgehead atoms. The van der Waals surface area contributed by atoms with Crippen LogP contribution in [0.1, 0.15) is 24.4 Å². The van der Waals surface area contributed by atoms with Crippen molar-refractivity contribution in [1.82, 2.24) is 19.4 Å². The van der Waals surface area contributed by atoms with Crippen molar-refractivity contribution in [2.24, 2.45) is 0 Å². The van der Waals surface area contributed by atoms with Gasteiger partial charge in [-0.15, -0.1) is 0 Å². The molecule has 0 atom stereocenters. The normalized spacial score (nSPS) is 17.5. The minimum atomic E-state index is -0.698. The monoisotopic (exact) mass is 303 g/mol. The Hall–Kier alpha value is -2.89. The summed E-state index contributed by atoms with van der Waals surface area (Å²) < 4.78 is 2.29. The molecule has 3 rings (SSSR count). The summed E-state index contributed by atoms with van der Waals surface area (Å²) in [6.45, 7) is -0.295. The number of rotatable bonds is 4. The maximum absolute atomic E-state index is 12.3. The minimum absolute atomic E-state index is 0.0168. The maximum Gasteiger partial charge on any atom is 0.331 e. The van der Waals surface area contributed by atoms with Crippen LogP contribution in [-0.4, -0.2) is 39.1 Å². The third-order valence-electron chi connectivity index (χ3n) is 3.74. The fraction of sp³-hybridized carbons (Fsp3) is 0.462. The van der Waals surface area contributed by atoms with Crippen LogP contribution in [0.4, 0.5) is 4.79 Å². The van der Waals surface area contributed by atoms with Crippen LogP contribution < -0.4 is 16.6 Å². The average Bonchev–Trinajstić information content (AvgIpc) is 3.28. The molecule has 114 valence electrons. The Morgan fingerprint density at radius 1 is 1.23 bits per heavy atom. The molecule has 2 fully saturated rings. The lowest BCUT2D eigenvalue weighted by atomic mass is 10.3. The van der Waals surface area contributed by atoms with Crippen LogP contribution in [0.3, 0.4) is 0 Å². The van der Waals surface area contributed by atoms with Crippen LogP contribution in [0.15, 0.2) is 15.8 Å². The second kappa shape index (κ2) is 5.14. The zero-order valence-electron chi connectivity index (χ0n) is 11.6. The van der Waals surface area contributed by atoms with E-state index in [1.165, 1.54) is 10.8 Å². The Labute approximate surface area is 124 Å². The zero-order valence-corrected chi connectivity index (χ0v) is 11.6. The Balaban J connectivity index is 1.93. The molecule has 1 aromatic rings. The van der Waals surface area contributed by atoms with Gasteiger partial charge in [-0.05, 0) is 12.8 Å². The van der Waals surface area contributed by atoms with Crippen LogP contribution >= 0.6 is 0 Å². The van der Waals surface area contributed by atoms with Crippen molar-refractivity contribution in [3.05, 3.63) is 32.6 Å². The molecule has 2 aliphatic rings. The quantitative estimate of drug-likeness (QED) is 0.699. The van der Waals surface area contributed by atoms with Gasteiger partial charge in [0, 0.05) is 25.3 Å². The first-order valence-electron chi connectivity index (χ1n) is 6.87. The van der Waals surface area contributed by atoms with E-state index in [4.69, 9.17) is 5.26 Å². The fourth-order valence-electron chi connectivity index (χ4n) is 2.39. The molecule has 1 saturated carbocycles. The summed E-state index contributed by atoms with van der Waals surface area (Å²) in [6, 6.07) is 1.25. The van der Waals surface area contributed by atoms with Gasteiger partial charge in [0.05, 0.1) is 6.54 Å². The lowest BCUT2D eigenvalue weighted by Crippen LogP contribution is -2.44. The molecular weight excluding hydrogens is 290 g/mol. The van der Waals surface area contributed by atoms with Crippen LogP contribution in [0.5, 0.6) is 0 Å². The average molecular weight is 303 g/mol. The zero-order chi connectivity index (χ0) is 15.9. The summed E-state index contributed by atoms with van der Waals surface area (Å²) in [6.07, 6.45) is 2.94. The van der Waals surface area contributed by atoms with E-state index in [0.717, 1.165) is 22.3 Å². The van der Waals surface area contributed by atoms with Crippen molar-refractivity contribution >= 4 is 11.9 Å². The number of imide groups is 1. The highest BCUT2D eigenvalue weighted by Gasteiger charge is 2.30. The molecule has 0 aromatic carbocycles. The molecule has 1 aliphatic heterocycles. The number of hydrogen-bond donors (Lipinski definition) is 1. The lowest BCUT2D eigenvalue weighted by molar-refractivity contribution is -0.125. The van der Waals surface area contributed by atoms with Crippen LogP contribution in [-0.2, 0) is 11.3 Å². The first-order chi connectivity index (χ1) is 10.5. The van der Waals surface area contributed by atoms with Crippen molar-refractivity contribution in [1.29, 1.82) is 5.26 Å². The van der Waals surface area contributed by atoms with Gasteiger partial charge >= 0.3 is 11.7 Å². The molecule has 3 amide bonds. The molecular formula is C13H13N5O4. The van der Waals surface area contributed by atoms with E-state index in [1.54, 1.807) is 6.07 Å². The first kappa shape index (κ1) is 14.1. The number of hydrogen-bond acceptors (Lipinski definition) is 5. The Morgan fingerprint density at radius 3 is 2.50 bits per heavy atom. The summed E-state index contributed by atoms with van der Waals surface area (Å²) >= 11 is 0. The number of nitriles is 1. The third-order valence-corrected chi connectivity index (χ3v) is 3.74. The van der Waals surface area contributed by atoms with Crippen molar-refractivity contribution in [3.63, 3.8) is 0 Å². The number of carbonyl (C=O) groups excluding carboxylic acids is 2. The van der Waals surface area contributed by atoms with Crippen LogP contribution in [0.25, 0.3) is 0 Å². The van der Waals surface area contributed by atoms with E-state index < -0.39 is 23.2 Å². The SMILES string of the molecule is N#Cc1cn(C2CC2)c(=O)n(CCN2C(=O)CNC2=O)c1=O. The molecule has 9 heteroatoms. The molecule has 2 heterocycles. The van der Waals surface area contributed by atoms with Crippen molar-refractivity contribution in [2.75, 3.05) is 13.1 Å². The molecule has 9 nitrogen and oxygen atoms in total. The molecule has 1 N–H and O–H groups in total. The molecule has 0 unspecified atom stereocenters. The van der Waals surface area contributed by atoms with Crippen molar-refractivity contribution in [2.45, 2.75) is 25.4 Å². The first-order valence-corrected chi connectivity index (χ1v) is 6.87. The predicted octanol–water partition coefficient (Wildman–Crippen LogP) is -1.23. The van der Waals surface area contributed by atoms with Crippen molar-refractivity contribution in [3.8, 4) is 6.07 Å². The second-order valence-corrected chi connectivity index (χ2v) is 5.24. The molecule has 0 spiro atoms. The van der Waals surface area contributed by atoms with Gasteiger partial charge in [0.15, 0.2) is 0 Å². The number of nitrogens with one attached hydrogen (secondary N) is 1. The highest BCUT2D eigenvalue weighted by atomic mass is 16.2. The van der Waals surface area contributed by atoms with Crippen LogP contribution in [0.2, 0.25) is 0 Å². The van der Waals surface area contributed by atoms with E-state index in [0.29, 0.717) is 0 Å². The highest BCUT2D eigenvalue weighted by Crippen LogP contribution is 2.33. The number of aromatic nitrogens is 2. The molecule has 1 aliphatic carbocycles. The van der Waals surface area contributed by atoms with Gasteiger partial charge in [-0.2, -0.15) is 5.26 Å². The molecule has 1 aromatic heterocycles. The summed E-state index contributed by atoms with van der Waals surface area (Å²) in [5.41, 5.74) is -1.33. The molecule has 0 radical (unpaired) electrons. The molecule has 22 heavy (non-hydrogen) atoms. The number of amides is 3. The topological polar surface area (TPSA) is 117 Å². The van der Waals surface area contributed by atoms with Gasteiger partial charge in [0.1, 0.15) is 11.6 Å². The maximum atomic E-state index is 12.3. The van der Waals surface area contributed by atoms with Gasteiger partial charge in [-0.3, -0.25) is 23.6 Å². The Morgan fingerprint density at radius 2 is 1.95 bits per heavy atom. The van der Waals surface area contributed by atoms with Gasteiger partial charge < -0.3 is 5.32 Å². The lowest BCUT2D eigenvalue weighted by Gasteiger charge is -2.14. The summed E-state index contributed by atoms with van der Waals surface area (Å²) in [4.78, 5) is 48.3. The largest absolute Gasteiger partial charge is 0.331 e. The van der Waals surface area contributed by atoms with E-state index in [9.17, 15) is 19.2 Å². The van der Waals surface area contributed by atoms with Gasteiger partial charge in [0.25, 0.3) is 5.56 Å². The van der Waals surface area contributed by atoms with Gasteiger partial charge in [-0.25, -0.2) is 9.59 Å². The van der Waals surface area contributed by atoms with E-state index in [2.05, 4.69) is 5.32 Å². The third kappa shape index (κ3) is 2.28. The Kier molecular flexibility index (Phi) is 3.29. The summed E-state index contributed by atoms with van der Waals surface area (Å²) in [7, 11) is 0. The summed E-state index contributed by atoms with van der Waals surface area (Å²) in [5, 5.41) is 11.4. The number of urea groups is 1. The number of carbonyl (C=O) groups is 2. The van der Waals surface area contributed by atoms with E-state index in [1.807, 2.05) is 0 Å². The van der Waals surface area contributed by atoms with E-state index >= 15 is 0 Å². The standard InChI is InChI=1S/C13H13N5O4/c14-5-8-7-18(9-1-2-9)13(22)17(11(8)20)4-3-16-10(19)6-15-12(16)21/h7,9H,1-4,6H2,(H,15,21). The number of nitrogens with zero attached hydrogens (tertiary/aromatic N) is 4. The Bertz CT molecular complexity index is 795. The fourth-order valence-corrected chi connectivity index (χ4v) is 2.39. The van der Waals surface area contributed by atoms with Gasteiger partial charge in [0.2, 0.25) is 5.91 Å².